The third kappa shape index (κ3) is 5.59. The molecule has 0 aromatic heterocycles. The minimum atomic E-state index is -0.196. The Balaban J connectivity index is 1.57. The lowest BCUT2D eigenvalue weighted by molar-refractivity contribution is -0.136. The van der Waals surface area contributed by atoms with Gasteiger partial charge in [-0.3, -0.25) is 9.59 Å². The molecule has 0 bridgehead atoms. The number of para-hydroxylation sites is 1. The van der Waals surface area contributed by atoms with E-state index in [-0.39, 0.29) is 24.3 Å². The van der Waals surface area contributed by atoms with Gasteiger partial charge in [-0.25, -0.2) is 0 Å². The molecule has 29 heavy (non-hydrogen) atoms. The highest BCUT2D eigenvalue weighted by atomic mass is 16.5. The summed E-state index contributed by atoms with van der Waals surface area (Å²) in [6.07, 6.45) is 1.61. The van der Waals surface area contributed by atoms with E-state index in [0.717, 1.165) is 35.4 Å². The zero-order valence-corrected chi connectivity index (χ0v) is 17.5. The fourth-order valence-corrected chi connectivity index (χ4v) is 3.66. The van der Waals surface area contributed by atoms with Crippen molar-refractivity contribution in [3.8, 4) is 5.75 Å². The second kappa shape index (κ2) is 9.59. The van der Waals surface area contributed by atoms with Crippen molar-refractivity contribution in [1.29, 1.82) is 0 Å². The molecule has 0 radical (unpaired) electrons. The summed E-state index contributed by atoms with van der Waals surface area (Å²) in [4.78, 5) is 27.1. The van der Waals surface area contributed by atoms with Crippen molar-refractivity contribution in [1.82, 2.24) is 4.90 Å². The average Bonchev–Trinajstić information content (AvgIpc) is 2.72. The Hall–Kier alpha value is -2.82. The lowest BCUT2D eigenvalue weighted by Crippen LogP contribution is -2.45. The highest BCUT2D eigenvalue weighted by molar-refractivity contribution is 5.93. The van der Waals surface area contributed by atoms with E-state index >= 15 is 0 Å². The summed E-state index contributed by atoms with van der Waals surface area (Å²) in [7, 11) is 0. The minimum Gasteiger partial charge on any atom is -0.483 e. The smallest absolute Gasteiger partial charge is 0.260 e. The molecule has 1 aliphatic heterocycles. The van der Waals surface area contributed by atoms with Gasteiger partial charge in [-0.2, -0.15) is 0 Å². The lowest BCUT2D eigenvalue weighted by atomic mass is 9.97. The van der Waals surface area contributed by atoms with E-state index in [1.807, 2.05) is 43.3 Å². The number of ether oxygens (including phenoxy) is 1. The number of amides is 2. The Morgan fingerprint density at radius 1 is 1.17 bits per heavy atom. The molecule has 1 saturated heterocycles. The van der Waals surface area contributed by atoms with Crippen molar-refractivity contribution >= 4 is 17.5 Å². The Morgan fingerprint density at radius 3 is 2.66 bits per heavy atom. The van der Waals surface area contributed by atoms with Crippen LogP contribution in [-0.2, 0) is 9.59 Å². The zero-order valence-electron chi connectivity index (χ0n) is 17.5. The first-order chi connectivity index (χ1) is 13.9. The van der Waals surface area contributed by atoms with E-state index in [4.69, 9.17) is 4.74 Å². The third-order valence-corrected chi connectivity index (χ3v) is 5.33. The maximum atomic E-state index is 12.7. The number of hydrogen-bond acceptors (Lipinski definition) is 3. The van der Waals surface area contributed by atoms with Gasteiger partial charge in [0.1, 0.15) is 5.75 Å². The summed E-state index contributed by atoms with van der Waals surface area (Å²) in [6.45, 7) is 7.34. The Kier molecular flexibility index (Phi) is 6.91. The fourth-order valence-electron chi connectivity index (χ4n) is 3.66. The lowest BCUT2D eigenvalue weighted by Gasteiger charge is -2.32. The highest BCUT2D eigenvalue weighted by Crippen LogP contribution is 2.27. The number of benzene rings is 2. The van der Waals surface area contributed by atoms with Crippen LogP contribution in [0.15, 0.2) is 48.5 Å². The maximum absolute atomic E-state index is 12.7. The van der Waals surface area contributed by atoms with E-state index < -0.39 is 0 Å². The van der Waals surface area contributed by atoms with Gasteiger partial charge in [-0.05, 0) is 55.0 Å². The molecule has 0 unspecified atom stereocenters. The van der Waals surface area contributed by atoms with E-state index in [1.54, 1.807) is 4.90 Å². The topological polar surface area (TPSA) is 58.6 Å². The van der Waals surface area contributed by atoms with Crippen LogP contribution in [0.1, 0.15) is 43.7 Å². The van der Waals surface area contributed by atoms with Gasteiger partial charge >= 0.3 is 0 Å². The van der Waals surface area contributed by atoms with Gasteiger partial charge in [0.25, 0.3) is 5.91 Å². The van der Waals surface area contributed by atoms with Crippen LogP contribution in [0.25, 0.3) is 0 Å². The summed E-state index contributed by atoms with van der Waals surface area (Å²) in [6, 6.07) is 15.5. The standard InChI is InChI=1S/C24H30N2O3/c1-17(2)21-12-11-18(3)14-22(21)29-16-23(27)26-13-7-8-19(15-26)24(28)25-20-9-5-4-6-10-20/h4-6,9-12,14,17,19H,7-8,13,15-16H2,1-3H3,(H,25,28)/t19-/m0/s1. The maximum Gasteiger partial charge on any atom is 0.260 e. The fraction of sp³-hybridized carbons (Fsp3) is 0.417. The van der Waals surface area contributed by atoms with Crippen LogP contribution in [-0.4, -0.2) is 36.4 Å². The monoisotopic (exact) mass is 394 g/mol. The molecule has 1 fully saturated rings. The van der Waals surface area contributed by atoms with Crippen LogP contribution in [0.5, 0.6) is 5.75 Å². The number of piperidine rings is 1. The summed E-state index contributed by atoms with van der Waals surface area (Å²) in [5.41, 5.74) is 2.99. The van der Waals surface area contributed by atoms with Crippen molar-refractivity contribution in [3.05, 3.63) is 59.7 Å². The molecule has 2 amide bonds. The molecule has 2 aromatic carbocycles. The normalized spacial score (nSPS) is 16.6. The number of likely N-dealkylation sites (tertiary alicyclic amines) is 1. The molecule has 1 N–H and O–H groups in total. The zero-order chi connectivity index (χ0) is 20.8. The predicted molar refractivity (Wildman–Crippen MR) is 115 cm³/mol. The number of carbonyl (C=O) groups is 2. The minimum absolute atomic E-state index is 0.00377. The first-order valence-electron chi connectivity index (χ1n) is 10.3. The van der Waals surface area contributed by atoms with Gasteiger partial charge in [0.2, 0.25) is 5.91 Å². The van der Waals surface area contributed by atoms with Gasteiger partial charge in [0, 0.05) is 18.8 Å². The van der Waals surface area contributed by atoms with Crippen LogP contribution in [0, 0.1) is 12.8 Å². The molecule has 154 valence electrons. The van der Waals surface area contributed by atoms with Gasteiger partial charge in [-0.1, -0.05) is 44.2 Å². The molecular formula is C24H30N2O3. The van der Waals surface area contributed by atoms with Crippen molar-refractivity contribution < 1.29 is 14.3 Å². The van der Waals surface area contributed by atoms with E-state index in [1.165, 1.54) is 0 Å². The molecule has 0 spiro atoms. The van der Waals surface area contributed by atoms with Gasteiger partial charge in [0.15, 0.2) is 6.61 Å². The number of anilines is 1. The molecule has 5 heteroatoms. The molecular weight excluding hydrogens is 364 g/mol. The molecule has 5 nitrogen and oxygen atoms in total. The first kappa shape index (κ1) is 20.9. The molecule has 1 aliphatic rings. The molecule has 2 aromatic rings. The second-order valence-electron chi connectivity index (χ2n) is 8.02. The van der Waals surface area contributed by atoms with E-state index in [2.05, 4.69) is 31.3 Å². The molecule has 3 rings (SSSR count). The van der Waals surface area contributed by atoms with Gasteiger partial charge < -0.3 is 15.0 Å². The van der Waals surface area contributed by atoms with Crippen molar-refractivity contribution in [3.63, 3.8) is 0 Å². The first-order valence-corrected chi connectivity index (χ1v) is 10.3. The number of aryl methyl sites for hydroxylation is 1. The van der Waals surface area contributed by atoms with Crippen LogP contribution < -0.4 is 10.1 Å². The predicted octanol–water partition coefficient (Wildman–Crippen LogP) is 4.37. The molecule has 1 heterocycles. The summed E-state index contributed by atoms with van der Waals surface area (Å²) in [5.74, 6) is 0.789. The SMILES string of the molecule is Cc1ccc(C(C)C)c(OCC(=O)N2CCC[C@H](C(=O)Nc3ccccc3)C2)c1. The number of rotatable bonds is 6. The molecule has 1 atom stereocenters. The van der Waals surface area contributed by atoms with Crippen LogP contribution in [0.4, 0.5) is 5.69 Å². The van der Waals surface area contributed by atoms with Crippen molar-refractivity contribution in [2.24, 2.45) is 5.92 Å². The number of nitrogens with one attached hydrogen (secondary N) is 1. The Morgan fingerprint density at radius 2 is 1.93 bits per heavy atom. The van der Waals surface area contributed by atoms with E-state index in [9.17, 15) is 9.59 Å². The molecule has 0 saturated carbocycles. The Bertz CT molecular complexity index is 848. The summed E-state index contributed by atoms with van der Waals surface area (Å²) >= 11 is 0. The largest absolute Gasteiger partial charge is 0.483 e. The molecule has 0 aliphatic carbocycles. The quantitative estimate of drug-likeness (QED) is 0.791. The van der Waals surface area contributed by atoms with Crippen LogP contribution in [0.2, 0.25) is 0 Å². The number of carbonyl (C=O) groups excluding carboxylic acids is 2. The third-order valence-electron chi connectivity index (χ3n) is 5.33. The Labute approximate surface area is 173 Å². The van der Waals surface area contributed by atoms with Crippen LogP contribution >= 0.6 is 0 Å². The highest BCUT2D eigenvalue weighted by Gasteiger charge is 2.28. The average molecular weight is 395 g/mol. The van der Waals surface area contributed by atoms with Crippen LogP contribution in [0.3, 0.4) is 0 Å². The van der Waals surface area contributed by atoms with Gasteiger partial charge in [-0.15, -0.1) is 0 Å². The second-order valence-corrected chi connectivity index (χ2v) is 8.02. The summed E-state index contributed by atoms with van der Waals surface area (Å²) < 4.78 is 5.89. The van der Waals surface area contributed by atoms with Crippen molar-refractivity contribution in [2.75, 3.05) is 25.0 Å². The number of nitrogens with zero attached hydrogens (tertiary/aromatic N) is 1. The van der Waals surface area contributed by atoms with E-state index in [0.29, 0.717) is 19.0 Å². The van der Waals surface area contributed by atoms with Crippen molar-refractivity contribution in [2.45, 2.75) is 39.5 Å². The van der Waals surface area contributed by atoms with Gasteiger partial charge in [0.05, 0.1) is 5.92 Å². The number of hydrogen-bond donors (Lipinski definition) is 1. The summed E-state index contributed by atoms with van der Waals surface area (Å²) in [5, 5.41) is 2.95.